The van der Waals surface area contributed by atoms with E-state index in [0.29, 0.717) is 6.54 Å². The van der Waals surface area contributed by atoms with E-state index in [1.807, 2.05) is 54.7 Å². The number of hydrogen-bond acceptors (Lipinski definition) is 3. The molecule has 7 nitrogen and oxygen atoms in total. The number of benzene rings is 1. The Morgan fingerprint density at radius 2 is 1.78 bits per heavy atom. The zero-order chi connectivity index (χ0) is 23.0. The van der Waals surface area contributed by atoms with E-state index in [2.05, 4.69) is 43.4 Å². The molecule has 1 aromatic heterocycles. The van der Waals surface area contributed by atoms with Gasteiger partial charge in [0.05, 0.1) is 12.2 Å². The molecular weight excluding hydrogens is 515 g/mol. The van der Waals surface area contributed by atoms with Crippen LogP contribution in [0.2, 0.25) is 0 Å². The van der Waals surface area contributed by atoms with Crippen LogP contribution in [0.25, 0.3) is 0 Å². The van der Waals surface area contributed by atoms with Crippen LogP contribution in [0.4, 0.5) is 0 Å². The highest BCUT2D eigenvalue weighted by molar-refractivity contribution is 14.0. The number of nitrogens with zero attached hydrogens (tertiary/aromatic N) is 4. The molecule has 0 fully saturated rings. The lowest BCUT2D eigenvalue weighted by Crippen LogP contribution is -2.43. The Morgan fingerprint density at radius 1 is 1.16 bits per heavy atom. The summed E-state index contributed by atoms with van der Waals surface area (Å²) in [5, 5.41) is 11.3. The number of aliphatic imine (C=N–C) groups is 1. The van der Waals surface area contributed by atoms with Crippen molar-refractivity contribution >= 4 is 35.8 Å². The molecule has 2 rings (SSSR count). The molecule has 0 bridgehead atoms. The number of aromatic nitrogens is 2. The van der Waals surface area contributed by atoms with Gasteiger partial charge in [-0.3, -0.25) is 9.48 Å². The van der Waals surface area contributed by atoms with Crippen LogP contribution in [0.5, 0.6) is 0 Å². The fourth-order valence-electron chi connectivity index (χ4n) is 3.64. The maximum Gasteiger partial charge on any atom is 0.253 e. The van der Waals surface area contributed by atoms with Gasteiger partial charge in [-0.1, -0.05) is 12.1 Å². The fourth-order valence-corrected chi connectivity index (χ4v) is 3.64. The second-order valence-corrected chi connectivity index (χ2v) is 7.89. The highest BCUT2D eigenvalue weighted by Gasteiger charge is 2.14. The van der Waals surface area contributed by atoms with Crippen molar-refractivity contribution in [2.75, 3.05) is 19.6 Å². The number of carbonyl (C=O) groups is 1. The number of guanidine groups is 1. The molecule has 0 spiro atoms. The molecule has 0 radical (unpaired) electrons. The maximum atomic E-state index is 12.5. The smallest absolute Gasteiger partial charge is 0.253 e. The Bertz CT molecular complexity index is 887. The monoisotopic (exact) mass is 554 g/mol. The minimum absolute atomic E-state index is 0. The second kappa shape index (κ2) is 13.4. The Balaban J connectivity index is 0.00000512. The third kappa shape index (κ3) is 7.50. The molecule has 0 aliphatic heterocycles. The summed E-state index contributed by atoms with van der Waals surface area (Å²) in [4.78, 5) is 19.0. The Labute approximate surface area is 210 Å². The third-order valence-corrected chi connectivity index (χ3v) is 5.57. The summed E-state index contributed by atoms with van der Waals surface area (Å²) in [5.41, 5.74) is 5.35. The van der Waals surface area contributed by atoms with Gasteiger partial charge in [0.15, 0.2) is 5.96 Å². The van der Waals surface area contributed by atoms with Gasteiger partial charge in [0.2, 0.25) is 0 Å². The molecule has 2 N–H and O–H groups in total. The molecule has 8 heteroatoms. The first-order chi connectivity index (χ1) is 14.8. The number of carbonyl (C=O) groups excluding carboxylic acids is 1. The van der Waals surface area contributed by atoms with E-state index in [9.17, 15) is 4.79 Å². The van der Waals surface area contributed by atoms with Gasteiger partial charge in [0.1, 0.15) is 0 Å². The van der Waals surface area contributed by atoms with E-state index in [4.69, 9.17) is 4.99 Å². The summed E-state index contributed by atoms with van der Waals surface area (Å²) >= 11 is 0. The predicted molar refractivity (Wildman–Crippen MR) is 143 cm³/mol. The van der Waals surface area contributed by atoms with Crippen molar-refractivity contribution in [3.8, 4) is 0 Å². The summed E-state index contributed by atoms with van der Waals surface area (Å²) in [6.45, 7) is 15.2. The van der Waals surface area contributed by atoms with Gasteiger partial charge < -0.3 is 15.5 Å². The minimum Gasteiger partial charge on any atom is -0.357 e. The maximum absolute atomic E-state index is 12.5. The Morgan fingerprint density at radius 3 is 2.28 bits per heavy atom. The Kier molecular flexibility index (Phi) is 11.7. The summed E-state index contributed by atoms with van der Waals surface area (Å²) < 4.78 is 1.94. The molecule has 1 aromatic carbocycles. The van der Waals surface area contributed by atoms with Gasteiger partial charge in [-0.05, 0) is 71.2 Å². The van der Waals surface area contributed by atoms with E-state index in [1.54, 1.807) is 0 Å². The molecule has 0 aliphatic rings. The van der Waals surface area contributed by atoms with Gasteiger partial charge in [0.25, 0.3) is 5.91 Å². The van der Waals surface area contributed by atoms with Gasteiger partial charge in [-0.25, -0.2) is 4.99 Å². The fraction of sp³-hybridized carbons (Fsp3) is 0.542. The average molecular weight is 555 g/mol. The molecule has 0 saturated heterocycles. The van der Waals surface area contributed by atoms with Crippen molar-refractivity contribution < 1.29 is 4.79 Å². The third-order valence-electron chi connectivity index (χ3n) is 5.57. The van der Waals surface area contributed by atoms with Crippen LogP contribution in [0, 0.1) is 13.8 Å². The summed E-state index contributed by atoms with van der Waals surface area (Å²) in [6, 6.07) is 7.96. The second-order valence-electron chi connectivity index (χ2n) is 7.89. The number of amides is 1. The average Bonchev–Trinajstić information content (AvgIpc) is 2.99. The highest BCUT2D eigenvalue weighted by Crippen LogP contribution is 2.14. The van der Waals surface area contributed by atoms with Crippen molar-refractivity contribution in [3.63, 3.8) is 0 Å². The number of rotatable bonds is 9. The highest BCUT2D eigenvalue weighted by atomic mass is 127. The standard InChI is InChI=1S/C24H38N6O.HI/c1-8-25-24(27-17(4)15-22-18(5)28-29(7)19(22)6)26-16-20-11-13-21(14-12-20)23(31)30(9-2)10-3;/h11-14,17H,8-10,15-16H2,1-7H3,(H2,25,26,27);1H. The van der Waals surface area contributed by atoms with Crippen LogP contribution in [0.1, 0.15) is 60.6 Å². The van der Waals surface area contributed by atoms with E-state index < -0.39 is 0 Å². The topological polar surface area (TPSA) is 74.6 Å². The van der Waals surface area contributed by atoms with Crippen molar-refractivity contribution in [3.05, 3.63) is 52.3 Å². The Hall–Kier alpha value is -2.10. The largest absolute Gasteiger partial charge is 0.357 e. The van der Waals surface area contributed by atoms with Crippen LogP contribution in [0.15, 0.2) is 29.3 Å². The normalized spacial score (nSPS) is 12.2. The first-order valence-electron chi connectivity index (χ1n) is 11.2. The van der Waals surface area contributed by atoms with Gasteiger partial charge in [-0.15, -0.1) is 24.0 Å². The number of halogens is 1. The molecular formula is C24H39IN6O. The summed E-state index contributed by atoms with van der Waals surface area (Å²) in [7, 11) is 1.98. The van der Waals surface area contributed by atoms with Crippen LogP contribution < -0.4 is 10.6 Å². The molecule has 1 atom stereocenters. The molecule has 178 valence electrons. The van der Waals surface area contributed by atoms with Crippen molar-refractivity contribution in [2.24, 2.45) is 12.0 Å². The number of nitrogens with one attached hydrogen (secondary N) is 2. The molecule has 1 heterocycles. The molecule has 32 heavy (non-hydrogen) atoms. The molecule has 0 saturated carbocycles. The summed E-state index contributed by atoms with van der Waals surface area (Å²) in [6.07, 6.45) is 0.887. The van der Waals surface area contributed by atoms with Gasteiger partial charge in [0, 0.05) is 44.0 Å². The zero-order valence-corrected chi connectivity index (χ0v) is 22.9. The van der Waals surface area contributed by atoms with Crippen molar-refractivity contribution in [1.82, 2.24) is 25.3 Å². The van der Waals surface area contributed by atoms with Crippen molar-refractivity contribution in [2.45, 2.75) is 60.5 Å². The number of hydrogen-bond donors (Lipinski definition) is 2. The first-order valence-corrected chi connectivity index (χ1v) is 11.2. The lowest BCUT2D eigenvalue weighted by molar-refractivity contribution is 0.0773. The van der Waals surface area contributed by atoms with E-state index in [1.165, 1.54) is 11.3 Å². The van der Waals surface area contributed by atoms with Crippen LogP contribution in [-0.4, -0.2) is 52.2 Å². The lowest BCUT2D eigenvalue weighted by Gasteiger charge is -2.19. The first kappa shape index (κ1) is 27.9. The number of aryl methyl sites for hydroxylation is 2. The molecule has 1 unspecified atom stereocenters. The predicted octanol–water partition coefficient (Wildman–Crippen LogP) is 3.82. The van der Waals surface area contributed by atoms with E-state index >= 15 is 0 Å². The van der Waals surface area contributed by atoms with Crippen molar-refractivity contribution in [1.29, 1.82) is 0 Å². The molecule has 1 amide bonds. The van der Waals surface area contributed by atoms with Gasteiger partial charge >= 0.3 is 0 Å². The van der Waals surface area contributed by atoms with Gasteiger partial charge in [-0.2, -0.15) is 5.10 Å². The quantitative estimate of drug-likeness (QED) is 0.281. The van der Waals surface area contributed by atoms with E-state index in [-0.39, 0.29) is 35.9 Å². The lowest BCUT2D eigenvalue weighted by atomic mass is 10.1. The van der Waals surface area contributed by atoms with Crippen LogP contribution in [0.3, 0.4) is 0 Å². The SMILES string of the molecule is CCNC(=NCc1ccc(C(=O)N(CC)CC)cc1)NC(C)Cc1c(C)nn(C)c1C.I. The van der Waals surface area contributed by atoms with E-state index in [0.717, 1.165) is 48.8 Å². The van der Waals surface area contributed by atoms with Crippen LogP contribution in [-0.2, 0) is 20.0 Å². The summed E-state index contributed by atoms with van der Waals surface area (Å²) in [5.74, 6) is 0.863. The molecule has 0 aliphatic carbocycles. The zero-order valence-electron chi connectivity index (χ0n) is 20.5. The van der Waals surface area contributed by atoms with Crippen LogP contribution >= 0.6 is 24.0 Å². The molecule has 2 aromatic rings. The minimum atomic E-state index is 0.